The summed E-state index contributed by atoms with van der Waals surface area (Å²) in [6.45, 7) is 0. The number of benzene rings is 1. The molecule has 0 aliphatic rings. The van der Waals surface area contributed by atoms with E-state index in [2.05, 4.69) is 4.18 Å². The van der Waals surface area contributed by atoms with Crippen LogP contribution in [0, 0.1) is 5.82 Å². The molecule has 0 fully saturated rings. The minimum atomic E-state index is -5.69. The Kier molecular flexibility index (Phi) is 4.69. The molecule has 0 aliphatic carbocycles. The molecule has 3 nitrogen and oxygen atoms in total. The fraction of sp³-hybridized carbons (Fsp3) is 0.143. The van der Waals surface area contributed by atoms with Gasteiger partial charge < -0.3 is 4.18 Å². The van der Waals surface area contributed by atoms with Gasteiger partial charge in [0.1, 0.15) is 11.6 Å². The quantitative estimate of drug-likeness (QED) is 0.360. The summed E-state index contributed by atoms with van der Waals surface area (Å²) >= 11 is 0. The number of hydrogen-bond acceptors (Lipinski definition) is 3. The summed E-state index contributed by atoms with van der Waals surface area (Å²) in [5, 5.41) is 0. The van der Waals surface area contributed by atoms with Gasteiger partial charge in [-0.25, -0.2) is 4.39 Å². The normalized spacial score (nSPS) is 11.8. The Balaban J connectivity index is 0.00000225. The maximum atomic E-state index is 12.3. The Morgan fingerprint density at radius 2 is 1.50 bits per heavy atom. The van der Waals surface area contributed by atoms with Gasteiger partial charge in [-0.1, -0.05) is 0 Å². The third kappa shape index (κ3) is 3.61. The molecule has 0 N–H and O–H groups in total. The molecular formula is C7H7F4O3PS. The highest BCUT2D eigenvalue weighted by molar-refractivity contribution is 7.87. The van der Waals surface area contributed by atoms with Crippen LogP contribution in [0.2, 0.25) is 0 Å². The van der Waals surface area contributed by atoms with Crippen molar-refractivity contribution in [3.8, 4) is 5.75 Å². The minimum absolute atomic E-state index is 0. The maximum absolute atomic E-state index is 12.3. The van der Waals surface area contributed by atoms with Crippen LogP contribution >= 0.6 is 9.90 Å². The molecule has 1 aromatic rings. The van der Waals surface area contributed by atoms with E-state index in [1.54, 1.807) is 0 Å². The standard InChI is InChI=1S/C7H4F4O3S.H3P/c8-5-1-3-6(4-2-5)14-15(12,13)7(9,10)11;/h1-4H;1H3. The monoisotopic (exact) mass is 278 g/mol. The summed E-state index contributed by atoms with van der Waals surface area (Å²) in [7, 11) is -5.69. The second kappa shape index (κ2) is 4.97. The molecule has 0 aliphatic heterocycles. The van der Waals surface area contributed by atoms with Crippen molar-refractivity contribution in [3.63, 3.8) is 0 Å². The van der Waals surface area contributed by atoms with Gasteiger partial charge >= 0.3 is 15.6 Å². The first kappa shape index (κ1) is 15.1. The lowest BCUT2D eigenvalue weighted by atomic mass is 10.3. The first-order valence-corrected chi connectivity index (χ1v) is 4.89. The van der Waals surface area contributed by atoms with Crippen molar-refractivity contribution in [1.29, 1.82) is 0 Å². The van der Waals surface area contributed by atoms with Gasteiger partial charge in [-0.15, -0.1) is 0 Å². The van der Waals surface area contributed by atoms with Crippen LogP contribution in [-0.4, -0.2) is 13.9 Å². The number of alkyl halides is 3. The van der Waals surface area contributed by atoms with Gasteiger partial charge in [0.05, 0.1) is 0 Å². The fourth-order valence-electron chi connectivity index (χ4n) is 0.664. The molecule has 1 atom stereocenters. The van der Waals surface area contributed by atoms with E-state index in [0.29, 0.717) is 0 Å². The summed E-state index contributed by atoms with van der Waals surface area (Å²) in [6.07, 6.45) is 0. The summed E-state index contributed by atoms with van der Waals surface area (Å²) in [4.78, 5) is 0. The van der Waals surface area contributed by atoms with Gasteiger partial charge in [0, 0.05) is 0 Å². The second-order valence-electron chi connectivity index (χ2n) is 2.44. The molecule has 0 aromatic heterocycles. The average Bonchev–Trinajstić information content (AvgIpc) is 2.06. The molecular weight excluding hydrogens is 271 g/mol. The molecule has 1 unspecified atom stereocenters. The Hall–Kier alpha value is -0.880. The number of hydrogen-bond donors (Lipinski definition) is 0. The Morgan fingerprint density at radius 3 is 1.88 bits per heavy atom. The largest absolute Gasteiger partial charge is 0.534 e. The molecule has 0 spiro atoms. The van der Waals surface area contributed by atoms with Crippen LogP contribution in [-0.2, 0) is 10.1 Å². The Morgan fingerprint density at radius 1 is 1.06 bits per heavy atom. The molecule has 0 saturated heterocycles. The van der Waals surface area contributed by atoms with E-state index in [0.717, 1.165) is 24.3 Å². The smallest absolute Gasteiger partial charge is 0.376 e. The van der Waals surface area contributed by atoms with Crippen LogP contribution in [0.15, 0.2) is 24.3 Å². The van der Waals surface area contributed by atoms with Crippen molar-refractivity contribution >= 4 is 20.0 Å². The second-order valence-corrected chi connectivity index (χ2v) is 3.97. The van der Waals surface area contributed by atoms with Gasteiger partial charge in [0.2, 0.25) is 0 Å². The van der Waals surface area contributed by atoms with E-state index in [4.69, 9.17) is 0 Å². The third-order valence-corrected chi connectivity index (χ3v) is 2.28. The SMILES string of the molecule is O=S(=O)(Oc1ccc(F)cc1)C(F)(F)F.P. The molecule has 0 bridgehead atoms. The molecule has 1 aromatic carbocycles. The van der Waals surface area contributed by atoms with Gasteiger partial charge in [-0.2, -0.15) is 31.5 Å². The molecule has 0 amide bonds. The van der Waals surface area contributed by atoms with Crippen molar-refractivity contribution in [2.24, 2.45) is 0 Å². The Bertz CT molecular complexity index is 440. The molecule has 92 valence electrons. The first-order chi connectivity index (χ1) is 6.72. The lowest BCUT2D eigenvalue weighted by molar-refractivity contribution is -0.0500. The molecule has 0 saturated carbocycles. The summed E-state index contributed by atoms with van der Waals surface area (Å²) < 4.78 is 72.4. The van der Waals surface area contributed by atoms with Crippen LogP contribution in [0.25, 0.3) is 0 Å². The zero-order chi connectivity index (χ0) is 11.7. The average molecular weight is 278 g/mol. The lowest BCUT2D eigenvalue weighted by Crippen LogP contribution is -2.28. The summed E-state index contributed by atoms with van der Waals surface area (Å²) in [6, 6.07) is 3.11. The zero-order valence-electron chi connectivity index (χ0n) is 7.66. The predicted molar refractivity (Wildman–Crippen MR) is 53.1 cm³/mol. The van der Waals surface area contributed by atoms with Crippen LogP contribution in [0.4, 0.5) is 17.6 Å². The highest BCUT2D eigenvalue weighted by Gasteiger charge is 2.48. The molecule has 16 heavy (non-hydrogen) atoms. The van der Waals surface area contributed by atoms with Crippen LogP contribution in [0.1, 0.15) is 0 Å². The maximum Gasteiger partial charge on any atom is 0.534 e. The zero-order valence-corrected chi connectivity index (χ0v) is 9.89. The van der Waals surface area contributed by atoms with Crippen molar-refractivity contribution in [2.45, 2.75) is 5.51 Å². The van der Waals surface area contributed by atoms with E-state index >= 15 is 0 Å². The van der Waals surface area contributed by atoms with Crippen LogP contribution < -0.4 is 4.18 Å². The van der Waals surface area contributed by atoms with Gasteiger partial charge in [0.15, 0.2) is 0 Å². The lowest BCUT2D eigenvalue weighted by Gasteiger charge is -2.08. The van der Waals surface area contributed by atoms with Crippen molar-refractivity contribution in [2.75, 3.05) is 0 Å². The van der Waals surface area contributed by atoms with E-state index in [1.807, 2.05) is 0 Å². The van der Waals surface area contributed by atoms with E-state index in [-0.39, 0.29) is 9.90 Å². The van der Waals surface area contributed by atoms with E-state index in [9.17, 15) is 26.0 Å². The fourth-order valence-corrected chi connectivity index (χ4v) is 1.12. The third-order valence-electron chi connectivity index (χ3n) is 1.30. The topological polar surface area (TPSA) is 43.4 Å². The highest BCUT2D eigenvalue weighted by atomic mass is 32.2. The minimum Gasteiger partial charge on any atom is -0.376 e. The van der Waals surface area contributed by atoms with Crippen LogP contribution in [0.5, 0.6) is 5.75 Å². The summed E-state index contributed by atoms with van der Waals surface area (Å²) in [5.41, 5.74) is -5.50. The summed E-state index contributed by atoms with van der Waals surface area (Å²) in [5.74, 6) is -1.32. The molecule has 1 rings (SSSR count). The van der Waals surface area contributed by atoms with Gasteiger partial charge in [-0.05, 0) is 24.3 Å². The molecule has 0 radical (unpaired) electrons. The first-order valence-electron chi connectivity index (χ1n) is 3.49. The van der Waals surface area contributed by atoms with E-state index in [1.165, 1.54) is 0 Å². The molecule has 9 heteroatoms. The molecule has 0 heterocycles. The van der Waals surface area contributed by atoms with Crippen molar-refractivity contribution in [3.05, 3.63) is 30.1 Å². The van der Waals surface area contributed by atoms with E-state index < -0.39 is 27.2 Å². The van der Waals surface area contributed by atoms with Crippen LogP contribution in [0.3, 0.4) is 0 Å². The van der Waals surface area contributed by atoms with Gasteiger partial charge in [0.25, 0.3) is 0 Å². The number of halogens is 4. The predicted octanol–water partition coefficient (Wildman–Crippen LogP) is 2.11. The Labute approximate surface area is 92.2 Å². The van der Waals surface area contributed by atoms with Crippen molar-refractivity contribution in [1.82, 2.24) is 0 Å². The number of rotatable bonds is 2. The highest BCUT2D eigenvalue weighted by Crippen LogP contribution is 2.26. The van der Waals surface area contributed by atoms with Crippen molar-refractivity contribution < 1.29 is 30.2 Å². The van der Waals surface area contributed by atoms with Gasteiger partial charge in [-0.3, -0.25) is 0 Å².